The third-order valence-corrected chi connectivity index (χ3v) is 4.06. The fourth-order valence-electron chi connectivity index (χ4n) is 2.81. The molecule has 2 aliphatic rings. The number of nitrogens with zero attached hydrogens (tertiary/aromatic N) is 1. The van der Waals surface area contributed by atoms with E-state index in [9.17, 15) is 0 Å². The van der Waals surface area contributed by atoms with Crippen LogP contribution < -0.4 is 11.1 Å². The molecule has 0 aromatic heterocycles. The number of nitrogens with one attached hydrogen (secondary N) is 1. The summed E-state index contributed by atoms with van der Waals surface area (Å²) in [6.45, 7) is 6.95. The molecule has 0 amide bonds. The maximum atomic E-state index is 5.93. The summed E-state index contributed by atoms with van der Waals surface area (Å²) in [6.07, 6.45) is 6.17. The fourth-order valence-corrected chi connectivity index (χ4v) is 2.81. The van der Waals surface area contributed by atoms with Crippen molar-refractivity contribution >= 4 is 5.96 Å². The average Bonchev–Trinajstić information content (AvgIpc) is 2.32. The molecular weight excluding hydrogens is 226 g/mol. The largest absolute Gasteiger partial charge is 0.375 e. The minimum atomic E-state index is 0.231. The normalized spacial score (nSPS) is 27.3. The van der Waals surface area contributed by atoms with Crippen molar-refractivity contribution in [3.63, 3.8) is 0 Å². The van der Waals surface area contributed by atoms with Gasteiger partial charge in [0.2, 0.25) is 0 Å². The van der Waals surface area contributed by atoms with Crippen molar-refractivity contribution in [1.29, 1.82) is 0 Å². The van der Waals surface area contributed by atoms with Crippen LogP contribution >= 0.6 is 0 Å². The molecule has 18 heavy (non-hydrogen) atoms. The zero-order valence-electron chi connectivity index (χ0n) is 11.7. The van der Waals surface area contributed by atoms with E-state index in [4.69, 9.17) is 10.5 Å². The summed E-state index contributed by atoms with van der Waals surface area (Å²) in [5.74, 6) is 1.84. The molecule has 1 unspecified atom stereocenters. The molecule has 1 heterocycles. The Morgan fingerprint density at radius 1 is 1.50 bits per heavy atom. The first-order valence-electron chi connectivity index (χ1n) is 7.27. The Morgan fingerprint density at radius 3 is 2.89 bits per heavy atom. The van der Waals surface area contributed by atoms with Gasteiger partial charge in [-0.1, -0.05) is 13.8 Å². The zero-order chi connectivity index (χ0) is 13.0. The maximum absolute atomic E-state index is 5.93. The summed E-state index contributed by atoms with van der Waals surface area (Å²) in [7, 11) is 0. The smallest absolute Gasteiger partial charge is 0.188 e. The highest BCUT2D eigenvalue weighted by molar-refractivity contribution is 5.77. The molecule has 4 heteroatoms. The van der Waals surface area contributed by atoms with E-state index in [1.165, 1.54) is 25.7 Å². The van der Waals surface area contributed by atoms with Crippen LogP contribution in [0.4, 0.5) is 0 Å². The van der Waals surface area contributed by atoms with Crippen molar-refractivity contribution < 1.29 is 4.74 Å². The van der Waals surface area contributed by atoms with Crippen molar-refractivity contribution in [2.75, 3.05) is 19.7 Å². The lowest BCUT2D eigenvalue weighted by Gasteiger charge is -2.47. The first kappa shape index (κ1) is 13.7. The summed E-state index contributed by atoms with van der Waals surface area (Å²) in [4.78, 5) is 4.33. The van der Waals surface area contributed by atoms with Gasteiger partial charge in [-0.15, -0.1) is 0 Å². The number of guanidine groups is 1. The third-order valence-electron chi connectivity index (χ3n) is 4.06. The Labute approximate surface area is 110 Å². The molecule has 2 fully saturated rings. The Bertz CT molecular complexity index is 297. The SMILES string of the molecule is CC(C)CN=C(N)NCC1CCOC2(CCC2)C1. The van der Waals surface area contributed by atoms with Crippen LogP contribution in [0.25, 0.3) is 0 Å². The van der Waals surface area contributed by atoms with E-state index < -0.39 is 0 Å². The van der Waals surface area contributed by atoms with Gasteiger partial charge in [-0.25, -0.2) is 0 Å². The number of hydrogen-bond acceptors (Lipinski definition) is 2. The van der Waals surface area contributed by atoms with Crippen LogP contribution in [0.3, 0.4) is 0 Å². The quantitative estimate of drug-likeness (QED) is 0.594. The number of ether oxygens (including phenoxy) is 1. The van der Waals surface area contributed by atoms with Gasteiger partial charge in [0.25, 0.3) is 0 Å². The van der Waals surface area contributed by atoms with Crippen LogP contribution in [0, 0.1) is 11.8 Å². The van der Waals surface area contributed by atoms with E-state index in [-0.39, 0.29) is 5.60 Å². The Balaban J connectivity index is 1.71. The molecule has 1 saturated carbocycles. The van der Waals surface area contributed by atoms with Crippen LogP contribution in [-0.4, -0.2) is 31.3 Å². The number of aliphatic imine (C=N–C) groups is 1. The lowest BCUT2D eigenvalue weighted by atomic mass is 9.72. The summed E-state index contributed by atoms with van der Waals surface area (Å²) >= 11 is 0. The van der Waals surface area contributed by atoms with Gasteiger partial charge in [0.15, 0.2) is 5.96 Å². The predicted molar refractivity (Wildman–Crippen MR) is 74.6 cm³/mol. The van der Waals surface area contributed by atoms with E-state index in [1.54, 1.807) is 0 Å². The minimum absolute atomic E-state index is 0.231. The molecular formula is C14H27N3O. The summed E-state index contributed by atoms with van der Waals surface area (Å²) in [6, 6.07) is 0. The predicted octanol–water partition coefficient (Wildman–Crippen LogP) is 1.90. The molecule has 0 bridgehead atoms. The van der Waals surface area contributed by atoms with Crippen LogP contribution in [-0.2, 0) is 4.74 Å². The minimum Gasteiger partial charge on any atom is -0.375 e. The lowest BCUT2D eigenvalue weighted by molar-refractivity contribution is -0.142. The molecule has 2 rings (SSSR count). The topological polar surface area (TPSA) is 59.6 Å². The molecule has 0 aromatic rings. The molecule has 0 radical (unpaired) electrons. The highest BCUT2D eigenvalue weighted by Crippen LogP contribution is 2.43. The highest BCUT2D eigenvalue weighted by Gasteiger charge is 2.42. The fraction of sp³-hybridized carbons (Fsp3) is 0.929. The summed E-state index contributed by atoms with van der Waals surface area (Å²) in [5, 5.41) is 3.27. The third kappa shape index (κ3) is 3.61. The molecule has 1 aliphatic heterocycles. The van der Waals surface area contributed by atoms with Crippen molar-refractivity contribution in [3.05, 3.63) is 0 Å². The van der Waals surface area contributed by atoms with Crippen LogP contribution in [0.5, 0.6) is 0 Å². The van der Waals surface area contributed by atoms with Crippen LogP contribution in [0.2, 0.25) is 0 Å². The lowest BCUT2D eigenvalue weighted by Crippen LogP contribution is -2.48. The maximum Gasteiger partial charge on any atom is 0.188 e. The van der Waals surface area contributed by atoms with Gasteiger partial charge in [0.1, 0.15) is 0 Å². The van der Waals surface area contributed by atoms with E-state index in [1.807, 2.05) is 0 Å². The molecule has 1 saturated heterocycles. The molecule has 4 nitrogen and oxygen atoms in total. The molecule has 104 valence electrons. The van der Waals surface area contributed by atoms with Gasteiger partial charge in [0.05, 0.1) is 5.60 Å². The first-order valence-corrected chi connectivity index (χ1v) is 7.27. The van der Waals surface area contributed by atoms with Gasteiger partial charge in [-0.2, -0.15) is 0 Å². The van der Waals surface area contributed by atoms with Crippen molar-refractivity contribution in [2.24, 2.45) is 22.6 Å². The molecule has 1 atom stereocenters. The Kier molecular flexibility index (Phi) is 4.49. The molecule has 3 N–H and O–H groups in total. The highest BCUT2D eigenvalue weighted by atomic mass is 16.5. The second kappa shape index (κ2) is 5.91. The van der Waals surface area contributed by atoms with Gasteiger partial charge < -0.3 is 15.8 Å². The molecule has 1 spiro atoms. The van der Waals surface area contributed by atoms with E-state index >= 15 is 0 Å². The van der Waals surface area contributed by atoms with Gasteiger partial charge in [-0.05, 0) is 43.9 Å². The summed E-state index contributed by atoms with van der Waals surface area (Å²) in [5.41, 5.74) is 6.09. The second-order valence-corrected chi connectivity index (χ2v) is 6.24. The van der Waals surface area contributed by atoms with E-state index in [0.29, 0.717) is 17.8 Å². The van der Waals surface area contributed by atoms with E-state index in [0.717, 1.165) is 26.1 Å². The first-order chi connectivity index (χ1) is 8.60. The van der Waals surface area contributed by atoms with Crippen molar-refractivity contribution in [3.8, 4) is 0 Å². The monoisotopic (exact) mass is 253 g/mol. The zero-order valence-corrected chi connectivity index (χ0v) is 11.7. The van der Waals surface area contributed by atoms with Gasteiger partial charge >= 0.3 is 0 Å². The Hall–Kier alpha value is -0.770. The Morgan fingerprint density at radius 2 is 2.28 bits per heavy atom. The number of nitrogens with two attached hydrogens (primary N) is 1. The number of rotatable bonds is 4. The molecule has 1 aliphatic carbocycles. The van der Waals surface area contributed by atoms with Gasteiger partial charge in [0, 0.05) is 19.7 Å². The average molecular weight is 253 g/mol. The second-order valence-electron chi connectivity index (χ2n) is 6.24. The van der Waals surface area contributed by atoms with Crippen molar-refractivity contribution in [1.82, 2.24) is 5.32 Å². The van der Waals surface area contributed by atoms with Crippen LogP contribution in [0.1, 0.15) is 46.0 Å². The molecule has 0 aromatic carbocycles. The summed E-state index contributed by atoms with van der Waals surface area (Å²) < 4.78 is 5.93. The van der Waals surface area contributed by atoms with Crippen LogP contribution in [0.15, 0.2) is 4.99 Å². The van der Waals surface area contributed by atoms with E-state index in [2.05, 4.69) is 24.2 Å². The number of hydrogen-bond donors (Lipinski definition) is 2. The standard InChI is InChI=1S/C14H27N3O/c1-11(2)9-16-13(15)17-10-12-4-7-18-14(8-12)5-3-6-14/h11-12H,3-10H2,1-2H3,(H3,15,16,17). The van der Waals surface area contributed by atoms with Gasteiger partial charge in [-0.3, -0.25) is 4.99 Å². The van der Waals surface area contributed by atoms with Crippen molar-refractivity contribution in [2.45, 2.75) is 51.6 Å².